The molecule has 0 bridgehead atoms. The summed E-state index contributed by atoms with van der Waals surface area (Å²) in [6.07, 6.45) is 0.244. The van der Waals surface area contributed by atoms with Crippen LogP contribution in [0.25, 0.3) is 0 Å². The molecule has 0 atom stereocenters. The summed E-state index contributed by atoms with van der Waals surface area (Å²) >= 11 is 1.51. The molecule has 0 fully saturated rings. The van der Waals surface area contributed by atoms with Crippen LogP contribution in [0.5, 0.6) is 0 Å². The SMILES string of the molecule is CC(C)(C)C(=O)C(=O)Cc1cccs1. The van der Waals surface area contributed by atoms with Crippen LogP contribution < -0.4 is 0 Å². The van der Waals surface area contributed by atoms with E-state index in [0.717, 1.165) is 4.88 Å². The quantitative estimate of drug-likeness (QED) is 0.718. The fourth-order valence-corrected chi connectivity index (χ4v) is 1.77. The molecule has 0 unspecified atom stereocenters. The minimum absolute atomic E-state index is 0.244. The van der Waals surface area contributed by atoms with Gasteiger partial charge in [0.2, 0.25) is 11.6 Å². The maximum Gasteiger partial charge on any atom is 0.204 e. The fraction of sp³-hybridized carbons (Fsp3) is 0.455. The van der Waals surface area contributed by atoms with Crippen molar-refractivity contribution in [3.8, 4) is 0 Å². The van der Waals surface area contributed by atoms with Crippen molar-refractivity contribution >= 4 is 22.9 Å². The third kappa shape index (κ3) is 2.77. The molecule has 2 nitrogen and oxygen atoms in total. The monoisotopic (exact) mass is 210 g/mol. The standard InChI is InChI=1S/C11H14O2S/c1-11(2,3)10(13)9(12)7-8-5-4-6-14-8/h4-6H,7H2,1-3H3. The van der Waals surface area contributed by atoms with Crippen molar-refractivity contribution in [3.63, 3.8) is 0 Å². The highest BCUT2D eigenvalue weighted by molar-refractivity contribution is 7.10. The second-order valence-electron chi connectivity index (χ2n) is 4.26. The fourth-order valence-electron chi connectivity index (χ4n) is 1.07. The zero-order valence-electron chi connectivity index (χ0n) is 8.66. The van der Waals surface area contributed by atoms with Crippen LogP contribution in [-0.4, -0.2) is 11.6 Å². The van der Waals surface area contributed by atoms with E-state index in [1.807, 2.05) is 17.5 Å². The first kappa shape index (κ1) is 11.1. The molecule has 0 saturated carbocycles. The summed E-state index contributed by atoms with van der Waals surface area (Å²) in [6, 6.07) is 3.76. The van der Waals surface area contributed by atoms with Crippen LogP contribution in [0.4, 0.5) is 0 Å². The summed E-state index contributed by atoms with van der Waals surface area (Å²) in [4.78, 5) is 24.0. The van der Waals surface area contributed by atoms with E-state index >= 15 is 0 Å². The molecule has 1 heterocycles. The van der Waals surface area contributed by atoms with Crippen molar-refractivity contribution < 1.29 is 9.59 Å². The molecule has 0 aliphatic heterocycles. The predicted molar refractivity (Wildman–Crippen MR) is 57.5 cm³/mol. The van der Waals surface area contributed by atoms with Crippen molar-refractivity contribution in [2.75, 3.05) is 0 Å². The van der Waals surface area contributed by atoms with Gasteiger partial charge >= 0.3 is 0 Å². The van der Waals surface area contributed by atoms with Crippen molar-refractivity contribution in [2.45, 2.75) is 27.2 Å². The summed E-state index contributed by atoms with van der Waals surface area (Å²) in [5.74, 6) is -0.578. The first-order valence-electron chi connectivity index (χ1n) is 4.51. The Bertz CT molecular complexity index is 331. The van der Waals surface area contributed by atoms with E-state index in [2.05, 4.69) is 0 Å². The maximum absolute atomic E-state index is 11.5. The van der Waals surface area contributed by atoms with Crippen molar-refractivity contribution in [1.29, 1.82) is 0 Å². The van der Waals surface area contributed by atoms with Gasteiger partial charge in [0.15, 0.2) is 0 Å². The van der Waals surface area contributed by atoms with Gasteiger partial charge in [0.1, 0.15) is 0 Å². The summed E-state index contributed by atoms with van der Waals surface area (Å²) < 4.78 is 0. The van der Waals surface area contributed by atoms with Crippen LogP contribution in [0.1, 0.15) is 25.6 Å². The molecular weight excluding hydrogens is 196 g/mol. The first-order chi connectivity index (χ1) is 6.41. The Balaban J connectivity index is 2.64. The molecular formula is C11H14O2S. The lowest BCUT2D eigenvalue weighted by molar-refractivity contribution is -0.140. The lowest BCUT2D eigenvalue weighted by atomic mass is 9.87. The topological polar surface area (TPSA) is 34.1 Å². The summed E-state index contributed by atoms with van der Waals surface area (Å²) in [6.45, 7) is 5.30. The zero-order valence-corrected chi connectivity index (χ0v) is 9.48. The molecule has 0 saturated heterocycles. The molecule has 76 valence electrons. The normalized spacial score (nSPS) is 11.4. The molecule has 3 heteroatoms. The molecule has 0 aliphatic rings. The van der Waals surface area contributed by atoms with E-state index in [1.54, 1.807) is 20.8 Å². The Labute approximate surface area is 87.9 Å². The number of rotatable bonds is 3. The summed E-state index contributed by atoms with van der Waals surface area (Å²) in [5.41, 5.74) is -0.561. The largest absolute Gasteiger partial charge is 0.290 e. The number of hydrogen-bond acceptors (Lipinski definition) is 3. The molecule has 1 rings (SSSR count). The smallest absolute Gasteiger partial charge is 0.204 e. The molecule has 0 aromatic carbocycles. The number of carbonyl (C=O) groups excluding carboxylic acids is 2. The van der Waals surface area contributed by atoms with Crippen molar-refractivity contribution in [3.05, 3.63) is 22.4 Å². The Morgan fingerprint density at radius 1 is 1.36 bits per heavy atom. The number of Topliss-reactive ketones (excluding diaryl/α,β-unsaturated/α-hetero) is 2. The predicted octanol–water partition coefficient (Wildman–Crippen LogP) is 2.47. The van der Waals surface area contributed by atoms with E-state index in [4.69, 9.17) is 0 Å². The molecule has 1 aromatic rings. The highest BCUT2D eigenvalue weighted by Crippen LogP contribution is 2.17. The van der Waals surface area contributed by atoms with E-state index in [9.17, 15) is 9.59 Å². The highest BCUT2D eigenvalue weighted by Gasteiger charge is 2.27. The number of carbonyl (C=O) groups is 2. The Morgan fingerprint density at radius 2 is 2.00 bits per heavy atom. The van der Waals surface area contributed by atoms with Gasteiger partial charge in [-0.2, -0.15) is 0 Å². The number of thiophene rings is 1. The number of ketones is 2. The van der Waals surface area contributed by atoms with Gasteiger partial charge in [-0.3, -0.25) is 9.59 Å². The van der Waals surface area contributed by atoms with Gasteiger partial charge in [0, 0.05) is 16.7 Å². The van der Waals surface area contributed by atoms with Gasteiger partial charge in [-0.15, -0.1) is 11.3 Å². The molecule has 1 aromatic heterocycles. The lowest BCUT2D eigenvalue weighted by Crippen LogP contribution is -2.29. The second kappa shape index (κ2) is 4.05. The van der Waals surface area contributed by atoms with Gasteiger partial charge in [0.05, 0.1) is 0 Å². The van der Waals surface area contributed by atoms with Crippen LogP contribution in [0, 0.1) is 5.41 Å². The lowest BCUT2D eigenvalue weighted by Gasteiger charge is -2.14. The van der Waals surface area contributed by atoms with Crippen LogP contribution >= 0.6 is 11.3 Å². The van der Waals surface area contributed by atoms with Gasteiger partial charge in [-0.05, 0) is 11.4 Å². The Kier molecular flexibility index (Phi) is 3.21. The first-order valence-corrected chi connectivity index (χ1v) is 5.39. The maximum atomic E-state index is 11.5. The zero-order chi connectivity index (χ0) is 10.8. The molecule has 0 amide bonds. The minimum Gasteiger partial charge on any atom is -0.290 e. The van der Waals surface area contributed by atoms with Crippen LogP contribution in [-0.2, 0) is 16.0 Å². The van der Waals surface area contributed by atoms with E-state index < -0.39 is 5.41 Å². The van der Waals surface area contributed by atoms with E-state index in [1.165, 1.54) is 11.3 Å². The third-order valence-corrected chi connectivity index (χ3v) is 2.73. The van der Waals surface area contributed by atoms with Crippen LogP contribution in [0.15, 0.2) is 17.5 Å². The molecule has 0 spiro atoms. The molecule has 14 heavy (non-hydrogen) atoms. The Morgan fingerprint density at radius 3 is 2.43 bits per heavy atom. The molecule has 0 aliphatic carbocycles. The van der Waals surface area contributed by atoms with Crippen molar-refractivity contribution in [2.24, 2.45) is 5.41 Å². The third-order valence-electron chi connectivity index (χ3n) is 1.85. The van der Waals surface area contributed by atoms with Crippen LogP contribution in [0.3, 0.4) is 0 Å². The van der Waals surface area contributed by atoms with Gasteiger partial charge in [-0.25, -0.2) is 0 Å². The van der Waals surface area contributed by atoms with Gasteiger partial charge in [0.25, 0.3) is 0 Å². The summed E-state index contributed by atoms with van der Waals surface area (Å²) in [5, 5.41) is 1.91. The average molecular weight is 210 g/mol. The van der Waals surface area contributed by atoms with Gasteiger partial charge in [-0.1, -0.05) is 26.8 Å². The second-order valence-corrected chi connectivity index (χ2v) is 5.29. The van der Waals surface area contributed by atoms with E-state index in [-0.39, 0.29) is 18.0 Å². The number of hydrogen-bond donors (Lipinski definition) is 0. The summed E-state index contributed by atoms with van der Waals surface area (Å²) in [7, 11) is 0. The van der Waals surface area contributed by atoms with E-state index in [0.29, 0.717) is 0 Å². The highest BCUT2D eigenvalue weighted by atomic mass is 32.1. The van der Waals surface area contributed by atoms with Crippen molar-refractivity contribution in [1.82, 2.24) is 0 Å². The molecule has 0 radical (unpaired) electrons. The van der Waals surface area contributed by atoms with Crippen LogP contribution in [0.2, 0.25) is 0 Å². The van der Waals surface area contributed by atoms with Gasteiger partial charge < -0.3 is 0 Å². The average Bonchev–Trinajstić information content (AvgIpc) is 2.53. The molecule has 0 N–H and O–H groups in total. The minimum atomic E-state index is -0.561. The Hall–Kier alpha value is -0.960.